The van der Waals surface area contributed by atoms with Crippen molar-refractivity contribution in [3.05, 3.63) is 59.4 Å². The molecule has 2 heterocycles. The van der Waals surface area contributed by atoms with E-state index in [4.69, 9.17) is 14.7 Å². The topological polar surface area (TPSA) is 42.1 Å². The molecule has 26 heavy (non-hydrogen) atoms. The van der Waals surface area contributed by atoms with Gasteiger partial charge in [-0.05, 0) is 24.3 Å². The maximum Gasteiger partial charge on any atom is 0.228 e. The molecule has 0 spiro atoms. The summed E-state index contributed by atoms with van der Waals surface area (Å²) < 4.78 is 8.83. The largest absolute Gasteiger partial charge is 0.378 e. The highest BCUT2D eigenvalue weighted by molar-refractivity contribution is 7.16. The Labute approximate surface area is 162 Å². The van der Waals surface area contributed by atoms with Gasteiger partial charge in [0.05, 0.1) is 29.1 Å². The minimum absolute atomic E-state index is 0. The van der Waals surface area contributed by atoms with Crippen LogP contribution in [-0.2, 0) is 11.8 Å². The number of fused-ring (bicyclic) bond motifs is 1. The van der Waals surface area contributed by atoms with E-state index in [1.54, 1.807) is 11.3 Å². The van der Waals surface area contributed by atoms with Crippen LogP contribution in [-0.4, -0.2) is 41.7 Å². The van der Waals surface area contributed by atoms with E-state index in [-0.39, 0.29) is 12.4 Å². The number of guanidine groups is 1. The number of aliphatic imine (C=N–C) groups is 1. The fourth-order valence-electron chi connectivity index (χ4n) is 2.82. The van der Waals surface area contributed by atoms with Crippen molar-refractivity contribution < 1.29 is 4.74 Å². The molecule has 5 nitrogen and oxygen atoms in total. The Bertz CT molecular complexity index is 958. The summed E-state index contributed by atoms with van der Waals surface area (Å²) in [6, 6.07) is 18.3. The number of aromatic nitrogens is 1. The van der Waals surface area contributed by atoms with E-state index in [0.29, 0.717) is 13.2 Å². The van der Waals surface area contributed by atoms with Crippen LogP contribution in [0.3, 0.4) is 0 Å². The number of thiazole rings is 1. The molecule has 136 valence electrons. The normalized spacial score (nSPS) is 16.0. The monoisotopic (exact) mass is 388 g/mol. The Morgan fingerprint density at radius 2 is 1.69 bits per heavy atom. The van der Waals surface area contributed by atoms with Crippen LogP contribution in [0.15, 0.2) is 64.6 Å². The Morgan fingerprint density at radius 3 is 2.42 bits per heavy atom. The number of hydrogen-bond acceptors (Lipinski definition) is 3. The fourth-order valence-corrected chi connectivity index (χ4v) is 3.84. The number of rotatable bonds is 1. The van der Waals surface area contributed by atoms with Gasteiger partial charge in [0, 0.05) is 20.1 Å². The summed E-state index contributed by atoms with van der Waals surface area (Å²) >= 11 is 1.68. The summed E-state index contributed by atoms with van der Waals surface area (Å²) in [7, 11) is 2.05. The van der Waals surface area contributed by atoms with Gasteiger partial charge in [0.15, 0.2) is 4.80 Å². The van der Waals surface area contributed by atoms with Crippen molar-refractivity contribution in [3.63, 3.8) is 0 Å². The molecule has 0 atom stereocenters. The van der Waals surface area contributed by atoms with Crippen molar-refractivity contribution in [2.45, 2.75) is 0 Å². The standard InChI is InChI=1S/C19H20N4OS.ClH/c1-22-16-9-5-6-10-17(16)25-19(22)21-18(23-11-13-24-14-12-23)20-15-7-3-2-4-8-15;/h2-10H,11-14H2,1H3;1H. The number of halogens is 1. The highest BCUT2D eigenvalue weighted by Crippen LogP contribution is 2.16. The molecule has 0 bridgehead atoms. The van der Waals surface area contributed by atoms with E-state index in [9.17, 15) is 0 Å². The maximum absolute atomic E-state index is 5.48. The lowest BCUT2D eigenvalue weighted by Crippen LogP contribution is -2.40. The summed E-state index contributed by atoms with van der Waals surface area (Å²) in [5, 5.41) is 0. The number of ether oxygens (including phenoxy) is 1. The Kier molecular flexibility index (Phi) is 6.08. The predicted octanol–water partition coefficient (Wildman–Crippen LogP) is 3.58. The lowest BCUT2D eigenvalue weighted by atomic mass is 10.3. The summed E-state index contributed by atoms with van der Waals surface area (Å²) in [5.74, 6) is 0.747. The molecule has 1 fully saturated rings. The van der Waals surface area contributed by atoms with Crippen LogP contribution < -0.4 is 4.80 Å². The van der Waals surface area contributed by atoms with Gasteiger partial charge in [-0.2, -0.15) is 4.99 Å². The lowest BCUT2D eigenvalue weighted by Gasteiger charge is -2.27. The number of nitrogens with zero attached hydrogens (tertiary/aromatic N) is 4. The molecule has 4 rings (SSSR count). The average molecular weight is 389 g/mol. The molecule has 0 unspecified atom stereocenters. The third-order valence-electron chi connectivity index (χ3n) is 4.19. The van der Waals surface area contributed by atoms with Crippen molar-refractivity contribution in [1.29, 1.82) is 0 Å². The van der Waals surface area contributed by atoms with Gasteiger partial charge >= 0.3 is 0 Å². The maximum atomic E-state index is 5.48. The first-order chi connectivity index (χ1) is 12.3. The molecule has 7 heteroatoms. The highest BCUT2D eigenvalue weighted by Gasteiger charge is 2.15. The van der Waals surface area contributed by atoms with Crippen molar-refractivity contribution in [3.8, 4) is 0 Å². The summed E-state index contributed by atoms with van der Waals surface area (Å²) in [6.07, 6.45) is 0. The van der Waals surface area contributed by atoms with Gasteiger partial charge in [-0.25, -0.2) is 4.99 Å². The first-order valence-corrected chi connectivity index (χ1v) is 9.19. The molecule has 1 saturated heterocycles. The zero-order valence-corrected chi connectivity index (χ0v) is 16.2. The van der Waals surface area contributed by atoms with Gasteiger partial charge in [0.1, 0.15) is 0 Å². The highest BCUT2D eigenvalue weighted by atomic mass is 35.5. The van der Waals surface area contributed by atoms with E-state index in [2.05, 4.69) is 40.8 Å². The molecule has 1 aromatic heterocycles. The quantitative estimate of drug-likeness (QED) is 0.472. The van der Waals surface area contributed by atoms with E-state index in [1.807, 2.05) is 30.3 Å². The van der Waals surface area contributed by atoms with E-state index in [0.717, 1.165) is 29.5 Å². The second kappa shape index (κ2) is 8.49. The van der Waals surface area contributed by atoms with Crippen LogP contribution in [0.5, 0.6) is 0 Å². The predicted molar refractivity (Wildman–Crippen MR) is 110 cm³/mol. The SMILES string of the molecule is Cl.Cn1c(=NC(=Nc2ccccc2)N2CCOCC2)sc2ccccc21. The smallest absolute Gasteiger partial charge is 0.228 e. The Morgan fingerprint density at radius 1 is 1.00 bits per heavy atom. The van der Waals surface area contributed by atoms with E-state index in [1.165, 1.54) is 10.2 Å². The molecule has 1 aliphatic heterocycles. The zero-order valence-electron chi connectivity index (χ0n) is 14.5. The molecular weight excluding hydrogens is 368 g/mol. The molecule has 3 aromatic rings. The lowest BCUT2D eigenvalue weighted by molar-refractivity contribution is 0.0675. The van der Waals surface area contributed by atoms with Crippen LogP contribution in [0.1, 0.15) is 0 Å². The summed E-state index contributed by atoms with van der Waals surface area (Å²) in [6.45, 7) is 3.04. The minimum Gasteiger partial charge on any atom is -0.378 e. The molecular formula is C19H21ClN4OS. The first-order valence-electron chi connectivity index (χ1n) is 8.37. The van der Waals surface area contributed by atoms with Gasteiger partial charge < -0.3 is 14.2 Å². The van der Waals surface area contributed by atoms with Gasteiger partial charge in [0.2, 0.25) is 5.96 Å². The van der Waals surface area contributed by atoms with Gasteiger partial charge in [-0.3, -0.25) is 0 Å². The van der Waals surface area contributed by atoms with Crippen LogP contribution in [0.25, 0.3) is 10.2 Å². The third-order valence-corrected chi connectivity index (χ3v) is 5.30. The number of morpholine rings is 1. The molecule has 0 aliphatic carbocycles. The van der Waals surface area contributed by atoms with Gasteiger partial charge in [0.25, 0.3) is 0 Å². The Hall–Kier alpha value is -2.15. The van der Waals surface area contributed by atoms with Crippen molar-refractivity contribution in [2.24, 2.45) is 17.0 Å². The second-order valence-electron chi connectivity index (χ2n) is 5.87. The van der Waals surface area contributed by atoms with Crippen LogP contribution in [0.2, 0.25) is 0 Å². The fraction of sp³-hybridized carbons (Fsp3) is 0.263. The number of para-hydroxylation sites is 2. The molecule has 2 aromatic carbocycles. The van der Waals surface area contributed by atoms with Crippen molar-refractivity contribution >= 4 is 45.6 Å². The van der Waals surface area contributed by atoms with Gasteiger partial charge in [-0.15, -0.1) is 12.4 Å². The third kappa shape index (κ3) is 3.98. The molecule has 0 saturated carbocycles. The first kappa shape index (κ1) is 18.6. The second-order valence-corrected chi connectivity index (χ2v) is 6.88. The minimum atomic E-state index is 0. The van der Waals surface area contributed by atoms with Crippen LogP contribution >= 0.6 is 23.7 Å². The summed E-state index contributed by atoms with van der Waals surface area (Å²) in [4.78, 5) is 12.9. The molecule has 1 aliphatic rings. The van der Waals surface area contributed by atoms with Crippen LogP contribution in [0.4, 0.5) is 5.69 Å². The van der Waals surface area contributed by atoms with Crippen LogP contribution in [0, 0.1) is 0 Å². The summed E-state index contributed by atoms with van der Waals surface area (Å²) in [5.41, 5.74) is 2.10. The van der Waals surface area contributed by atoms with E-state index >= 15 is 0 Å². The molecule has 0 radical (unpaired) electrons. The van der Waals surface area contributed by atoms with Crippen molar-refractivity contribution in [2.75, 3.05) is 26.3 Å². The Balaban J connectivity index is 0.00000196. The average Bonchev–Trinajstić information content (AvgIpc) is 2.99. The number of benzene rings is 2. The molecule has 0 amide bonds. The zero-order chi connectivity index (χ0) is 17.1. The molecule has 0 N–H and O–H groups in total. The van der Waals surface area contributed by atoms with Gasteiger partial charge in [-0.1, -0.05) is 41.7 Å². The number of aryl methyl sites for hydroxylation is 1. The number of hydrogen-bond donors (Lipinski definition) is 0. The van der Waals surface area contributed by atoms with E-state index < -0.39 is 0 Å². The van der Waals surface area contributed by atoms with Crippen molar-refractivity contribution in [1.82, 2.24) is 9.47 Å².